The van der Waals surface area contributed by atoms with Crippen molar-refractivity contribution in [1.29, 1.82) is 0 Å². The number of amidine groups is 1. The maximum atomic E-state index is 4.53. The molecule has 2 heterocycles. The van der Waals surface area contributed by atoms with Crippen LogP contribution in [0.15, 0.2) is 15.9 Å². The van der Waals surface area contributed by atoms with E-state index in [0.29, 0.717) is 6.04 Å². The Hall–Kier alpha value is -0.550. The molecule has 1 fully saturated rings. The van der Waals surface area contributed by atoms with E-state index in [1.165, 1.54) is 6.42 Å². The van der Waals surface area contributed by atoms with Crippen LogP contribution in [0.5, 0.6) is 0 Å². The zero-order valence-electron chi connectivity index (χ0n) is 8.77. The van der Waals surface area contributed by atoms with Crippen LogP contribution in [0, 0.1) is 0 Å². The van der Waals surface area contributed by atoms with Gasteiger partial charge in [0.2, 0.25) is 0 Å². The second-order valence-electron chi connectivity index (χ2n) is 3.48. The molecular formula is C10H15N3S2. The molecule has 1 unspecified atom stereocenters. The average molecular weight is 241 g/mol. The molecule has 82 valence electrons. The van der Waals surface area contributed by atoms with E-state index in [-0.39, 0.29) is 0 Å². The summed E-state index contributed by atoms with van der Waals surface area (Å²) in [7, 11) is 0. The molecule has 1 aromatic rings. The van der Waals surface area contributed by atoms with Crippen molar-refractivity contribution in [2.75, 3.05) is 12.3 Å². The summed E-state index contributed by atoms with van der Waals surface area (Å²) in [6.07, 6.45) is 2.13. The van der Waals surface area contributed by atoms with Gasteiger partial charge in [-0.2, -0.15) is 0 Å². The number of thioether (sulfide) groups is 1. The Kier molecular flexibility index (Phi) is 4.02. The molecule has 1 saturated heterocycles. The van der Waals surface area contributed by atoms with E-state index in [1.807, 2.05) is 17.3 Å². The zero-order chi connectivity index (χ0) is 10.5. The molecule has 0 spiro atoms. The number of aliphatic imine (C=N–C) groups is 1. The number of hydrogen-bond acceptors (Lipinski definition) is 4. The second kappa shape index (κ2) is 5.51. The SMILES string of the molecule is CCC1CSC(=NCCc2cscn2)N1. The third kappa shape index (κ3) is 3.21. The Balaban J connectivity index is 1.75. The molecule has 1 atom stereocenters. The third-order valence-electron chi connectivity index (χ3n) is 2.35. The molecule has 0 bridgehead atoms. The Labute approximate surface area is 98.4 Å². The lowest BCUT2D eigenvalue weighted by atomic mass is 10.3. The number of nitrogens with zero attached hydrogens (tertiary/aromatic N) is 2. The monoisotopic (exact) mass is 241 g/mol. The number of aromatic nitrogens is 1. The van der Waals surface area contributed by atoms with Gasteiger partial charge in [-0.1, -0.05) is 18.7 Å². The first-order valence-electron chi connectivity index (χ1n) is 5.19. The topological polar surface area (TPSA) is 37.3 Å². The summed E-state index contributed by atoms with van der Waals surface area (Å²) in [6, 6.07) is 0.619. The highest BCUT2D eigenvalue weighted by Crippen LogP contribution is 2.15. The second-order valence-corrected chi connectivity index (χ2v) is 5.20. The van der Waals surface area contributed by atoms with E-state index < -0.39 is 0 Å². The van der Waals surface area contributed by atoms with Crippen molar-refractivity contribution in [2.24, 2.45) is 4.99 Å². The molecule has 15 heavy (non-hydrogen) atoms. The van der Waals surface area contributed by atoms with Crippen molar-refractivity contribution in [3.05, 3.63) is 16.6 Å². The summed E-state index contributed by atoms with van der Waals surface area (Å²) in [6.45, 7) is 3.05. The minimum Gasteiger partial charge on any atom is -0.361 e. The number of rotatable bonds is 4. The largest absolute Gasteiger partial charge is 0.361 e. The minimum atomic E-state index is 0.619. The first-order valence-corrected chi connectivity index (χ1v) is 7.12. The first kappa shape index (κ1) is 11.0. The van der Waals surface area contributed by atoms with Crippen molar-refractivity contribution in [1.82, 2.24) is 10.3 Å². The average Bonchev–Trinajstić information content (AvgIpc) is 2.88. The van der Waals surface area contributed by atoms with Crippen molar-refractivity contribution in [2.45, 2.75) is 25.8 Å². The predicted octanol–water partition coefficient (Wildman–Crippen LogP) is 2.16. The van der Waals surface area contributed by atoms with E-state index in [9.17, 15) is 0 Å². The molecule has 1 aliphatic rings. The van der Waals surface area contributed by atoms with Gasteiger partial charge in [0.25, 0.3) is 0 Å². The van der Waals surface area contributed by atoms with E-state index in [4.69, 9.17) is 0 Å². The maximum Gasteiger partial charge on any atom is 0.156 e. The number of nitrogens with one attached hydrogen (secondary N) is 1. The van der Waals surface area contributed by atoms with Crippen LogP contribution in [0.4, 0.5) is 0 Å². The fourth-order valence-corrected chi connectivity index (χ4v) is 3.09. The smallest absolute Gasteiger partial charge is 0.156 e. The summed E-state index contributed by atoms with van der Waals surface area (Å²) in [5.74, 6) is 1.16. The normalized spacial score (nSPS) is 23.3. The van der Waals surface area contributed by atoms with Gasteiger partial charge in [0.15, 0.2) is 5.17 Å². The molecule has 0 saturated carbocycles. The van der Waals surface area contributed by atoms with Crippen molar-refractivity contribution < 1.29 is 0 Å². The van der Waals surface area contributed by atoms with Crippen molar-refractivity contribution in [3.63, 3.8) is 0 Å². The molecule has 0 aliphatic carbocycles. The van der Waals surface area contributed by atoms with Crippen LogP contribution in [0.1, 0.15) is 19.0 Å². The molecule has 1 aliphatic heterocycles. The third-order valence-corrected chi connectivity index (χ3v) is 4.07. The zero-order valence-corrected chi connectivity index (χ0v) is 10.4. The van der Waals surface area contributed by atoms with Crippen LogP contribution in [-0.2, 0) is 6.42 Å². The van der Waals surface area contributed by atoms with E-state index >= 15 is 0 Å². The highest BCUT2D eigenvalue weighted by molar-refractivity contribution is 8.14. The van der Waals surface area contributed by atoms with Gasteiger partial charge in [-0.3, -0.25) is 4.99 Å². The summed E-state index contributed by atoms with van der Waals surface area (Å²) >= 11 is 3.48. The fraction of sp³-hybridized carbons (Fsp3) is 0.600. The van der Waals surface area contributed by atoms with Gasteiger partial charge in [0.1, 0.15) is 0 Å². The molecule has 2 rings (SSSR count). The summed E-state index contributed by atoms with van der Waals surface area (Å²) in [5, 5.41) is 6.61. The van der Waals surface area contributed by atoms with Crippen LogP contribution in [0.2, 0.25) is 0 Å². The minimum absolute atomic E-state index is 0.619. The van der Waals surface area contributed by atoms with Gasteiger partial charge in [-0.25, -0.2) is 4.98 Å². The Bertz CT molecular complexity index is 321. The fourth-order valence-electron chi connectivity index (χ4n) is 1.38. The van der Waals surface area contributed by atoms with Gasteiger partial charge in [0, 0.05) is 30.1 Å². The summed E-state index contributed by atoms with van der Waals surface area (Å²) < 4.78 is 0. The van der Waals surface area contributed by atoms with Crippen molar-refractivity contribution in [3.8, 4) is 0 Å². The predicted molar refractivity (Wildman–Crippen MR) is 67.8 cm³/mol. The summed E-state index contributed by atoms with van der Waals surface area (Å²) in [5.41, 5.74) is 3.03. The van der Waals surface area contributed by atoms with Gasteiger partial charge < -0.3 is 5.32 Å². The first-order chi connectivity index (χ1) is 7.38. The van der Waals surface area contributed by atoms with Gasteiger partial charge in [-0.05, 0) is 6.42 Å². The van der Waals surface area contributed by atoms with Gasteiger partial charge in [0.05, 0.1) is 11.2 Å². The Morgan fingerprint density at radius 3 is 3.27 bits per heavy atom. The van der Waals surface area contributed by atoms with Gasteiger partial charge >= 0.3 is 0 Å². The van der Waals surface area contributed by atoms with Crippen LogP contribution in [0.3, 0.4) is 0 Å². The highest BCUT2D eigenvalue weighted by Gasteiger charge is 2.17. The molecule has 1 N–H and O–H groups in total. The van der Waals surface area contributed by atoms with Crippen LogP contribution in [0.25, 0.3) is 0 Å². The lowest BCUT2D eigenvalue weighted by molar-refractivity contribution is 0.666. The van der Waals surface area contributed by atoms with E-state index in [2.05, 4.69) is 27.6 Å². The van der Waals surface area contributed by atoms with Crippen LogP contribution >= 0.6 is 23.1 Å². The maximum absolute atomic E-state index is 4.53. The number of hydrogen-bond donors (Lipinski definition) is 1. The molecule has 0 radical (unpaired) electrons. The lowest BCUT2D eigenvalue weighted by Crippen LogP contribution is -2.25. The Morgan fingerprint density at radius 2 is 2.60 bits per heavy atom. The van der Waals surface area contributed by atoms with E-state index in [0.717, 1.165) is 29.6 Å². The van der Waals surface area contributed by atoms with Gasteiger partial charge in [-0.15, -0.1) is 11.3 Å². The van der Waals surface area contributed by atoms with E-state index in [1.54, 1.807) is 11.3 Å². The quantitative estimate of drug-likeness (QED) is 0.877. The molecule has 5 heteroatoms. The van der Waals surface area contributed by atoms with Crippen LogP contribution in [-0.4, -0.2) is 28.5 Å². The highest BCUT2D eigenvalue weighted by atomic mass is 32.2. The van der Waals surface area contributed by atoms with Crippen LogP contribution < -0.4 is 5.32 Å². The molecule has 0 aromatic carbocycles. The van der Waals surface area contributed by atoms with Crippen molar-refractivity contribution >= 4 is 28.3 Å². The standard InChI is InChI=1S/C10H15N3S2/c1-2-8-6-15-10(13-8)11-4-3-9-5-14-7-12-9/h5,7-8H,2-4,6H2,1H3,(H,11,13). The lowest BCUT2D eigenvalue weighted by Gasteiger charge is -2.04. The number of thiazole rings is 1. The Morgan fingerprint density at radius 1 is 1.67 bits per heavy atom. The molecular weight excluding hydrogens is 226 g/mol. The molecule has 1 aromatic heterocycles. The summed E-state index contributed by atoms with van der Waals surface area (Å²) in [4.78, 5) is 8.76. The molecule has 0 amide bonds. The molecule has 3 nitrogen and oxygen atoms in total.